The predicted molar refractivity (Wildman–Crippen MR) is 206 cm³/mol. The number of halogens is 4. The number of alkyl halides is 3. The Bertz CT molecular complexity index is 2130. The van der Waals surface area contributed by atoms with E-state index in [4.69, 9.17) is 14.2 Å². The molecular formula is C40H51F4N5O9S. The number of sulfonamides is 1. The molecule has 3 N–H and O–H groups in total. The lowest BCUT2D eigenvalue weighted by Gasteiger charge is -2.35. The second kappa shape index (κ2) is 16.1. The Morgan fingerprint density at radius 3 is 2.49 bits per heavy atom. The number of nitrogens with one attached hydrogen (secondary N) is 3. The lowest BCUT2D eigenvalue weighted by molar-refractivity contribution is -0.244. The summed E-state index contributed by atoms with van der Waals surface area (Å²) in [5, 5.41) is 5.93. The Kier molecular flexibility index (Phi) is 11.9. The molecule has 1 saturated heterocycles. The van der Waals surface area contributed by atoms with Gasteiger partial charge in [0.1, 0.15) is 23.7 Å². The van der Waals surface area contributed by atoms with Gasteiger partial charge in [0.2, 0.25) is 33.3 Å². The summed E-state index contributed by atoms with van der Waals surface area (Å²) in [5.74, 6) is -4.60. The fraction of sp³-hybridized carbons (Fsp3) is 0.625. The first-order chi connectivity index (χ1) is 27.5. The summed E-state index contributed by atoms with van der Waals surface area (Å²) in [6, 6.07) is 1.36. The van der Waals surface area contributed by atoms with Gasteiger partial charge in [-0.25, -0.2) is 22.6 Å². The number of hydrogen-bond acceptors (Lipinski definition) is 10. The fourth-order valence-corrected chi connectivity index (χ4v) is 9.13. The van der Waals surface area contributed by atoms with Gasteiger partial charge in [0.05, 0.1) is 18.4 Å². The van der Waals surface area contributed by atoms with Crippen LogP contribution in [0.15, 0.2) is 36.5 Å². The van der Waals surface area contributed by atoms with Crippen LogP contribution in [0.25, 0.3) is 10.8 Å². The van der Waals surface area contributed by atoms with Crippen molar-refractivity contribution in [1.82, 2.24) is 25.2 Å². The summed E-state index contributed by atoms with van der Waals surface area (Å²) < 4.78 is 99.9. The highest BCUT2D eigenvalue weighted by molar-refractivity contribution is 7.91. The molecule has 4 aliphatic rings. The molecule has 0 bridgehead atoms. The predicted octanol–water partition coefficient (Wildman–Crippen LogP) is 5.44. The highest BCUT2D eigenvalue weighted by atomic mass is 32.2. The quantitative estimate of drug-likeness (QED) is 0.217. The third-order valence-electron chi connectivity index (χ3n) is 12.2. The van der Waals surface area contributed by atoms with Crippen molar-refractivity contribution < 1.29 is 59.4 Å². The van der Waals surface area contributed by atoms with Gasteiger partial charge in [0, 0.05) is 23.9 Å². The number of benzene rings is 1. The number of hydrogen-bond donors (Lipinski definition) is 3. The van der Waals surface area contributed by atoms with E-state index in [0.717, 1.165) is 4.90 Å². The van der Waals surface area contributed by atoms with Crippen molar-refractivity contribution in [2.75, 3.05) is 13.7 Å². The number of aromatic nitrogens is 1. The van der Waals surface area contributed by atoms with Crippen molar-refractivity contribution in [3.63, 3.8) is 0 Å². The molecule has 14 nitrogen and oxygen atoms in total. The average Bonchev–Trinajstić information content (AvgIpc) is 4.03. The topological polar surface area (TPSA) is 182 Å². The van der Waals surface area contributed by atoms with Crippen molar-refractivity contribution in [2.24, 2.45) is 17.8 Å². The van der Waals surface area contributed by atoms with Crippen LogP contribution in [-0.2, 0) is 29.1 Å². The number of nitrogens with zero attached hydrogens (tertiary/aromatic N) is 2. The fourth-order valence-electron chi connectivity index (χ4n) is 7.82. The molecule has 2 aliphatic carbocycles. The largest absolute Gasteiger partial charge is 0.494 e. The second-order valence-electron chi connectivity index (χ2n) is 17.0. The summed E-state index contributed by atoms with van der Waals surface area (Å²) in [6.07, 6.45) is -0.0192. The van der Waals surface area contributed by atoms with Gasteiger partial charge in [-0.3, -0.25) is 19.1 Å². The zero-order valence-electron chi connectivity index (χ0n) is 33.8. The molecule has 1 aromatic heterocycles. The normalized spacial score (nSPS) is 29.2. The molecule has 1 aromatic carbocycles. The third kappa shape index (κ3) is 8.94. The van der Waals surface area contributed by atoms with Crippen molar-refractivity contribution in [1.29, 1.82) is 0 Å². The minimum absolute atomic E-state index is 0.0237. The van der Waals surface area contributed by atoms with Crippen LogP contribution in [0.2, 0.25) is 0 Å². The van der Waals surface area contributed by atoms with E-state index in [0.29, 0.717) is 57.8 Å². The SMILES string of the molecule is CC[C@@H]1C[C@H](C)CC/C=C/[C@@H]2C[C@@]2(C(=O)NS(=O)(=O)C2(C)CC2)NC(=O)[C@@H]2C[C@@H](Oc3nccc4cc(OC)c(F)cc34)CN2C(=O)[C@H]1NC(=O)OC(C)(C)C(F)(F)F. The zero-order chi connectivity index (χ0) is 43.3. The summed E-state index contributed by atoms with van der Waals surface area (Å²) in [5.41, 5.74) is -4.60. The first kappa shape index (κ1) is 43.9. The molecule has 3 heterocycles. The Hall–Kier alpha value is -4.68. The molecule has 0 radical (unpaired) electrons. The third-order valence-corrected chi connectivity index (χ3v) is 14.3. The molecular weight excluding hydrogens is 803 g/mol. The van der Waals surface area contributed by atoms with E-state index in [1.807, 2.05) is 13.0 Å². The molecule has 0 unspecified atom stereocenters. The molecule has 3 fully saturated rings. The maximum atomic E-state index is 14.9. The van der Waals surface area contributed by atoms with Gasteiger partial charge in [-0.15, -0.1) is 0 Å². The van der Waals surface area contributed by atoms with E-state index in [2.05, 4.69) is 20.3 Å². The molecule has 0 spiro atoms. The van der Waals surface area contributed by atoms with E-state index in [9.17, 15) is 45.2 Å². The number of alkyl carbamates (subject to hydrolysis) is 1. The van der Waals surface area contributed by atoms with Gasteiger partial charge < -0.3 is 29.7 Å². The van der Waals surface area contributed by atoms with Crippen LogP contribution in [0.5, 0.6) is 11.6 Å². The van der Waals surface area contributed by atoms with Crippen LogP contribution in [0, 0.1) is 23.6 Å². The van der Waals surface area contributed by atoms with Crippen LogP contribution in [0.1, 0.15) is 86.0 Å². The Morgan fingerprint density at radius 2 is 1.85 bits per heavy atom. The summed E-state index contributed by atoms with van der Waals surface area (Å²) in [7, 11) is -2.79. The standard InChI is InChI=1S/C40H51F4N5O9S/c1-7-23-16-22(2)10-8-9-11-25-20-39(25,35(52)48-59(54,55)38(5)13-14-38)47-32(50)29-18-26(57-33-27-19-28(41)30(56-6)17-24(27)12-15-45-33)21-49(29)34(51)31(23)46-36(53)58-37(3,4)40(42,43)44/h9,11-12,15,17,19,22-23,25-26,29,31H,7-8,10,13-14,16,18,20-21H2,1-6H3,(H,46,53)(H,47,50)(H,48,52)/b11-9+/t22-,23-,25-,26-,29+,31+,39-/m1/s1. The first-order valence-electron chi connectivity index (χ1n) is 19.8. The monoisotopic (exact) mass is 853 g/mol. The second-order valence-corrected chi connectivity index (χ2v) is 19.2. The molecule has 6 rings (SSSR count). The number of rotatable bonds is 9. The number of carbonyl (C=O) groups is 4. The van der Waals surface area contributed by atoms with Gasteiger partial charge in [-0.2, -0.15) is 13.2 Å². The number of allylic oxidation sites excluding steroid dienone is 1. The molecule has 2 aromatic rings. The maximum absolute atomic E-state index is 14.9. The number of fused-ring (bicyclic) bond motifs is 3. The number of amides is 4. The number of carbonyl (C=O) groups excluding carboxylic acids is 4. The van der Waals surface area contributed by atoms with E-state index < -0.39 is 91.7 Å². The first-order valence-corrected chi connectivity index (χ1v) is 21.2. The van der Waals surface area contributed by atoms with Gasteiger partial charge in [0.15, 0.2) is 11.6 Å². The van der Waals surface area contributed by atoms with Gasteiger partial charge in [-0.1, -0.05) is 32.4 Å². The van der Waals surface area contributed by atoms with Crippen LogP contribution < -0.4 is 24.8 Å². The molecule has 324 valence electrons. The Labute approximate surface area is 340 Å². The Balaban J connectivity index is 1.38. The number of pyridine rings is 1. The average molecular weight is 854 g/mol. The van der Waals surface area contributed by atoms with E-state index >= 15 is 0 Å². The smallest absolute Gasteiger partial charge is 0.427 e. The lowest BCUT2D eigenvalue weighted by Crippen LogP contribution is -2.60. The molecule has 7 atom stereocenters. The van der Waals surface area contributed by atoms with Crippen LogP contribution in [-0.4, -0.2) is 96.0 Å². The highest BCUT2D eigenvalue weighted by Gasteiger charge is 2.63. The molecule has 2 saturated carbocycles. The summed E-state index contributed by atoms with van der Waals surface area (Å²) >= 11 is 0. The van der Waals surface area contributed by atoms with Crippen molar-refractivity contribution in [3.8, 4) is 11.6 Å². The van der Waals surface area contributed by atoms with E-state index in [-0.39, 0.29) is 42.3 Å². The van der Waals surface area contributed by atoms with E-state index in [1.165, 1.54) is 32.4 Å². The summed E-state index contributed by atoms with van der Waals surface area (Å²) in [6.45, 7) is 6.28. The van der Waals surface area contributed by atoms with Crippen LogP contribution >= 0.6 is 0 Å². The van der Waals surface area contributed by atoms with Crippen LogP contribution in [0.3, 0.4) is 0 Å². The van der Waals surface area contributed by atoms with Crippen molar-refractivity contribution in [3.05, 3.63) is 42.4 Å². The lowest BCUT2D eigenvalue weighted by atomic mass is 9.85. The maximum Gasteiger partial charge on any atom is 0.427 e. The zero-order valence-corrected chi connectivity index (χ0v) is 34.6. The minimum Gasteiger partial charge on any atom is -0.494 e. The van der Waals surface area contributed by atoms with Crippen molar-refractivity contribution in [2.45, 2.75) is 126 Å². The summed E-state index contributed by atoms with van der Waals surface area (Å²) in [4.78, 5) is 62.0. The number of ether oxygens (including phenoxy) is 3. The molecule has 4 amide bonds. The molecule has 59 heavy (non-hydrogen) atoms. The minimum atomic E-state index is -4.94. The van der Waals surface area contributed by atoms with Crippen molar-refractivity contribution >= 4 is 44.6 Å². The van der Waals surface area contributed by atoms with Crippen LogP contribution in [0.4, 0.5) is 22.4 Å². The molecule has 2 aliphatic heterocycles. The number of methoxy groups -OCH3 is 1. The van der Waals surface area contributed by atoms with Gasteiger partial charge in [-0.05, 0) is 94.7 Å². The van der Waals surface area contributed by atoms with Gasteiger partial charge in [0.25, 0.3) is 5.91 Å². The van der Waals surface area contributed by atoms with E-state index in [1.54, 1.807) is 19.1 Å². The Morgan fingerprint density at radius 1 is 1.14 bits per heavy atom. The highest BCUT2D eigenvalue weighted by Crippen LogP contribution is 2.48. The van der Waals surface area contributed by atoms with Gasteiger partial charge >= 0.3 is 12.3 Å². The molecule has 19 heteroatoms.